The number of aliphatic hydroxyl groups is 2. The minimum Gasteiger partial charge on any atom is -0.487 e. The lowest BCUT2D eigenvalue weighted by Gasteiger charge is -2.46. The Labute approximate surface area is 134 Å². The fourth-order valence-corrected chi connectivity index (χ4v) is 4.16. The van der Waals surface area contributed by atoms with E-state index in [0.29, 0.717) is 24.4 Å². The molecule has 0 amide bonds. The van der Waals surface area contributed by atoms with Crippen molar-refractivity contribution in [3.05, 3.63) is 27.8 Å². The lowest BCUT2D eigenvalue weighted by molar-refractivity contribution is -0.172. The Balaban J connectivity index is 1.74. The third-order valence-corrected chi connectivity index (χ3v) is 5.54. The van der Waals surface area contributed by atoms with E-state index in [-0.39, 0.29) is 11.5 Å². The molecule has 0 bridgehead atoms. The molecule has 1 saturated carbocycles. The Morgan fingerprint density at radius 2 is 2.13 bits per heavy atom. The van der Waals surface area contributed by atoms with Crippen LogP contribution < -0.4 is 15.7 Å². The van der Waals surface area contributed by atoms with Gasteiger partial charge in [-0.2, -0.15) is 0 Å². The monoisotopic (exact) mass is 321 g/mol. The van der Waals surface area contributed by atoms with Crippen LogP contribution in [0, 0.1) is 0 Å². The quantitative estimate of drug-likeness (QED) is 0.720. The first-order valence-corrected chi connectivity index (χ1v) is 8.55. The molecule has 3 N–H and O–H groups in total. The van der Waals surface area contributed by atoms with Crippen LogP contribution in [0.25, 0.3) is 0 Å². The Hall–Kier alpha value is -1.37. The molecular formula is C17H23NO5. The third-order valence-electron chi connectivity index (χ3n) is 5.54. The molecule has 6 nitrogen and oxygen atoms in total. The van der Waals surface area contributed by atoms with Crippen molar-refractivity contribution >= 4 is 0 Å². The van der Waals surface area contributed by atoms with Gasteiger partial charge in [0.2, 0.25) is 0 Å². The summed E-state index contributed by atoms with van der Waals surface area (Å²) in [6.45, 7) is 1.76. The van der Waals surface area contributed by atoms with Crippen LogP contribution in [0.2, 0.25) is 0 Å². The Morgan fingerprint density at radius 3 is 2.91 bits per heavy atom. The number of aliphatic hydroxyl groups excluding tert-OH is 1. The van der Waals surface area contributed by atoms with E-state index < -0.39 is 23.4 Å². The van der Waals surface area contributed by atoms with Crippen LogP contribution in [0.5, 0.6) is 5.75 Å². The van der Waals surface area contributed by atoms with Crippen molar-refractivity contribution in [2.45, 2.75) is 62.3 Å². The molecule has 2 fully saturated rings. The number of fused-ring (bicyclic) bond motifs is 2. The summed E-state index contributed by atoms with van der Waals surface area (Å²) >= 11 is 0. The summed E-state index contributed by atoms with van der Waals surface area (Å²) in [6.07, 6.45) is 3.20. The van der Waals surface area contributed by atoms with Crippen molar-refractivity contribution in [1.82, 2.24) is 5.32 Å². The van der Waals surface area contributed by atoms with E-state index in [2.05, 4.69) is 5.32 Å². The summed E-state index contributed by atoms with van der Waals surface area (Å²) in [5.41, 5.74) is -1.90. The molecule has 0 radical (unpaired) electrons. The smallest absolute Gasteiger partial charge is 0.345 e. The largest absolute Gasteiger partial charge is 0.487 e. The SMILES string of the molecule is O=c1oc(C2CCCNC2)cc2c1[C@@H](O)[C@@]1(O)CCCC[C@@H]1O2. The van der Waals surface area contributed by atoms with Crippen molar-refractivity contribution in [2.75, 3.05) is 13.1 Å². The normalized spacial score (nSPS) is 36.7. The van der Waals surface area contributed by atoms with E-state index in [1.54, 1.807) is 6.07 Å². The molecule has 3 aliphatic rings. The molecule has 1 aliphatic carbocycles. The fourth-order valence-electron chi connectivity index (χ4n) is 4.16. The van der Waals surface area contributed by atoms with Crippen molar-refractivity contribution in [3.8, 4) is 5.75 Å². The van der Waals surface area contributed by atoms with Crippen molar-refractivity contribution < 1.29 is 19.4 Å². The van der Waals surface area contributed by atoms with Crippen LogP contribution in [0.15, 0.2) is 15.3 Å². The fraction of sp³-hybridized carbons (Fsp3) is 0.706. The Morgan fingerprint density at radius 1 is 1.26 bits per heavy atom. The van der Waals surface area contributed by atoms with Gasteiger partial charge < -0.3 is 24.7 Å². The number of ether oxygens (including phenoxy) is 1. The lowest BCUT2D eigenvalue weighted by Crippen LogP contribution is -2.56. The second-order valence-electron chi connectivity index (χ2n) is 7.00. The van der Waals surface area contributed by atoms with Crippen LogP contribution in [0.3, 0.4) is 0 Å². The second kappa shape index (κ2) is 5.61. The maximum atomic E-state index is 12.4. The molecule has 1 unspecified atom stereocenters. The predicted molar refractivity (Wildman–Crippen MR) is 82.6 cm³/mol. The van der Waals surface area contributed by atoms with E-state index in [0.717, 1.165) is 38.8 Å². The molecule has 3 heterocycles. The van der Waals surface area contributed by atoms with Gasteiger partial charge in [0.15, 0.2) is 0 Å². The molecule has 1 saturated heterocycles. The number of nitrogens with one attached hydrogen (secondary N) is 1. The summed E-state index contributed by atoms with van der Waals surface area (Å²) in [4.78, 5) is 12.4. The highest BCUT2D eigenvalue weighted by molar-refractivity contribution is 5.39. The minimum atomic E-state index is -1.38. The highest BCUT2D eigenvalue weighted by Gasteiger charge is 2.52. The first-order valence-electron chi connectivity index (χ1n) is 8.55. The molecule has 23 heavy (non-hydrogen) atoms. The average Bonchev–Trinajstić information content (AvgIpc) is 2.56. The van der Waals surface area contributed by atoms with Gasteiger partial charge in [0.25, 0.3) is 0 Å². The molecule has 1 aromatic heterocycles. The number of rotatable bonds is 1. The van der Waals surface area contributed by atoms with Gasteiger partial charge in [0.05, 0.1) is 0 Å². The van der Waals surface area contributed by atoms with Crippen LogP contribution in [0.4, 0.5) is 0 Å². The number of piperidine rings is 1. The number of hydrogen-bond acceptors (Lipinski definition) is 6. The summed E-state index contributed by atoms with van der Waals surface area (Å²) < 4.78 is 11.4. The first-order chi connectivity index (χ1) is 11.1. The number of hydrogen-bond donors (Lipinski definition) is 3. The van der Waals surface area contributed by atoms with Crippen LogP contribution >= 0.6 is 0 Å². The zero-order valence-corrected chi connectivity index (χ0v) is 13.1. The van der Waals surface area contributed by atoms with E-state index in [1.807, 2.05) is 0 Å². The molecule has 6 heteroatoms. The third kappa shape index (κ3) is 2.40. The van der Waals surface area contributed by atoms with Gasteiger partial charge in [-0.25, -0.2) is 4.79 Å². The van der Waals surface area contributed by atoms with E-state index in [1.165, 1.54) is 0 Å². The van der Waals surface area contributed by atoms with Crippen molar-refractivity contribution in [2.24, 2.45) is 0 Å². The van der Waals surface area contributed by atoms with Crippen molar-refractivity contribution in [3.63, 3.8) is 0 Å². The topological polar surface area (TPSA) is 91.9 Å². The molecular weight excluding hydrogens is 298 g/mol. The minimum absolute atomic E-state index is 0.0677. The zero-order chi connectivity index (χ0) is 16.0. The van der Waals surface area contributed by atoms with Crippen LogP contribution in [0.1, 0.15) is 61.9 Å². The molecule has 1 aromatic rings. The van der Waals surface area contributed by atoms with Gasteiger partial charge in [-0.3, -0.25) is 0 Å². The van der Waals surface area contributed by atoms with E-state index in [9.17, 15) is 15.0 Å². The van der Waals surface area contributed by atoms with Gasteiger partial charge in [-0.05, 0) is 38.6 Å². The van der Waals surface area contributed by atoms with Crippen LogP contribution in [-0.4, -0.2) is 35.0 Å². The highest BCUT2D eigenvalue weighted by Crippen LogP contribution is 2.46. The molecule has 0 spiro atoms. The highest BCUT2D eigenvalue weighted by atomic mass is 16.5. The van der Waals surface area contributed by atoms with Crippen LogP contribution in [-0.2, 0) is 0 Å². The predicted octanol–water partition coefficient (Wildman–Crippen LogP) is 1.21. The zero-order valence-electron chi connectivity index (χ0n) is 13.1. The molecule has 4 atom stereocenters. The van der Waals surface area contributed by atoms with E-state index >= 15 is 0 Å². The van der Waals surface area contributed by atoms with Gasteiger partial charge in [-0.15, -0.1) is 0 Å². The van der Waals surface area contributed by atoms with Gasteiger partial charge in [-0.1, -0.05) is 6.42 Å². The molecule has 126 valence electrons. The maximum Gasteiger partial charge on any atom is 0.345 e. The summed E-state index contributed by atoms with van der Waals surface area (Å²) in [5.74, 6) is 1.13. The Bertz CT molecular complexity index is 651. The van der Waals surface area contributed by atoms with Gasteiger partial charge in [0.1, 0.15) is 34.9 Å². The average molecular weight is 321 g/mol. The summed E-state index contributed by atoms with van der Waals surface area (Å²) in [5, 5.41) is 24.7. The molecule has 0 aromatic carbocycles. The van der Waals surface area contributed by atoms with E-state index in [4.69, 9.17) is 9.15 Å². The van der Waals surface area contributed by atoms with Gasteiger partial charge in [0, 0.05) is 18.5 Å². The van der Waals surface area contributed by atoms with Gasteiger partial charge >= 0.3 is 5.63 Å². The summed E-state index contributed by atoms with van der Waals surface area (Å²) in [6, 6.07) is 1.74. The maximum absolute atomic E-state index is 12.4. The lowest BCUT2D eigenvalue weighted by atomic mass is 9.74. The van der Waals surface area contributed by atoms with Crippen molar-refractivity contribution in [1.29, 1.82) is 0 Å². The summed E-state index contributed by atoms with van der Waals surface area (Å²) in [7, 11) is 0. The standard InChI is InChI=1S/C17H23NO5/c19-15-14-12(22-13-5-1-2-6-17(13,15)21)8-11(23-16(14)20)10-4-3-7-18-9-10/h8,10,13,15,18-19,21H,1-7,9H2/t10?,13-,15+,17+/m0/s1. The first kappa shape index (κ1) is 15.2. The Kier molecular flexibility index (Phi) is 3.70. The molecule has 4 rings (SSSR count). The second-order valence-corrected chi connectivity index (χ2v) is 7.00. The molecule has 2 aliphatic heterocycles.